The molecule has 3 rings (SSSR count). The van der Waals surface area contributed by atoms with E-state index >= 15 is 0 Å². The van der Waals surface area contributed by atoms with Crippen molar-refractivity contribution in [3.63, 3.8) is 0 Å². The summed E-state index contributed by atoms with van der Waals surface area (Å²) in [6, 6.07) is 18.8. The number of ether oxygens (including phenoxy) is 2. The van der Waals surface area contributed by atoms with Gasteiger partial charge in [0.1, 0.15) is 23.1 Å². The number of hydrogen-bond acceptors (Lipinski definition) is 3. The number of nitrogens with zero attached hydrogens (tertiary/aromatic N) is 1. The monoisotopic (exact) mass is 345 g/mol. The molecule has 0 N–H and O–H groups in total. The standard InChI is InChI=1S/C18H13Cl2NO2/c19-14-10-17(20)18(21-11-14)23-16-8-6-15(7-9-16)22-12-13-4-2-1-3-5-13/h1-11H,12H2. The lowest BCUT2D eigenvalue weighted by atomic mass is 10.2. The Labute approximate surface area is 144 Å². The summed E-state index contributed by atoms with van der Waals surface area (Å²) in [6.45, 7) is 0.519. The van der Waals surface area contributed by atoms with Gasteiger partial charge in [-0.05, 0) is 35.9 Å². The Morgan fingerprint density at radius 3 is 2.26 bits per heavy atom. The van der Waals surface area contributed by atoms with Gasteiger partial charge in [0, 0.05) is 6.20 Å². The number of aromatic nitrogens is 1. The van der Waals surface area contributed by atoms with Crippen LogP contribution in [0.3, 0.4) is 0 Å². The van der Waals surface area contributed by atoms with Crippen LogP contribution in [0.25, 0.3) is 0 Å². The van der Waals surface area contributed by atoms with E-state index in [0.717, 1.165) is 11.3 Å². The molecule has 0 aliphatic heterocycles. The second-order valence-corrected chi connectivity index (χ2v) is 5.63. The first-order chi connectivity index (χ1) is 11.2. The van der Waals surface area contributed by atoms with Gasteiger partial charge in [-0.1, -0.05) is 53.5 Å². The highest BCUT2D eigenvalue weighted by atomic mass is 35.5. The van der Waals surface area contributed by atoms with Crippen molar-refractivity contribution < 1.29 is 9.47 Å². The largest absolute Gasteiger partial charge is 0.489 e. The van der Waals surface area contributed by atoms with Gasteiger partial charge in [0.25, 0.3) is 0 Å². The van der Waals surface area contributed by atoms with Crippen molar-refractivity contribution in [2.75, 3.05) is 0 Å². The van der Waals surface area contributed by atoms with Gasteiger partial charge in [0.05, 0.1) is 5.02 Å². The molecule has 0 aliphatic carbocycles. The summed E-state index contributed by atoms with van der Waals surface area (Å²) in [4.78, 5) is 4.05. The fourth-order valence-electron chi connectivity index (χ4n) is 1.93. The Hall–Kier alpha value is -2.23. The average Bonchev–Trinajstić information content (AvgIpc) is 2.58. The van der Waals surface area contributed by atoms with Crippen molar-refractivity contribution in [3.8, 4) is 17.4 Å². The topological polar surface area (TPSA) is 31.4 Å². The summed E-state index contributed by atoms with van der Waals surface area (Å²) in [5.41, 5.74) is 1.12. The normalized spacial score (nSPS) is 10.3. The van der Waals surface area contributed by atoms with Crippen molar-refractivity contribution in [2.45, 2.75) is 6.61 Å². The number of halogens is 2. The van der Waals surface area contributed by atoms with Crippen LogP contribution >= 0.6 is 23.2 Å². The maximum Gasteiger partial charge on any atom is 0.238 e. The molecule has 0 saturated heterocycles. The molecule has 0 aliphatic rings. The quantitative estimate of drug-likeness (QED) is 0.589. The van der Waals surface area contributed by atoms with Gasteiger partial charge in [-0.2, -0.15) is 0 Å². The van der Waals surface area contributed by atoms with E-state index in [2.05, 4.69) is 4.98 Å². The van der Waals surface area contributed by atoms with Gasteiger partial charge < -0.3 is 9.47 Å². The molecule has 0 saturated carbocycles. The molecule has 1 heterocycles. The highest BCUT2D eigenvalue weighted by molar-refractivity contribution is 6.35. The number of pyridine rings is 1. The lowest BCUT2D eigenvalue weighted by molar-refractivity contribution is 0.305. The third-order valence-electron chi connectivity index (χ3n) is 3.06. The van der Waals surface area contributed by atoms with Crippen molar-refractivity contribution in [1.29, 1.82) is 0 Å². The van der Waals surface area contributed by atoms with Gasteiger partial charge in [0.2, 0.25) is 5.88 Å². The van der Waals surface area contributed by atoms with Crippen LogP contribution in [0.4, 0.5) is 0 Å². The lowest BCUT2D eigenvalue weighted by Gasteiger charge is -2.09. The molecule has 0 atom stereocenters. The van der Waals surface area contributed by atoms with Gasteiger partial charge in [-0.15, -0.1) is 0 Å². The molecule has 0 fully saturated rings. The van der Waals surface area contributed by atoms with Crippen LogP contribution in [0.2, 0.25) is 10.0 Å². The van der Waals surface area contributed by atoms with Gasteiger partial charge in [0.15, 0.2) is 0 Å². The summed E-state index contributed by atoms with van der Waals surface area (Å²) in [5, 5.41) is 0.828. The van der Waals surface area contributed by atoms with Crippen molar-refractivity contribution >= 4 is 23.2 Å². The van der Waals surface area contributed by atoms with Crippen LogP contribution in [0.1, 0.15) is 5.56 Å². The molecule has 116 valence electrons. The zero-order valence-corrected chi connectivity index (χ0v) is 13.6. The number of benzene rings is 2. The Kier molecular flexibility index (Phi) is 5.01. The predicted octanol–water partition coefficient (Wildman–Crippen LogP) is 5.76. The van der Waals surface area contributed by atoms with E-state index < -0.39 is 0 Å². The Morgan fingerprint density at radius 1 is 0.870 bits per heavy atom. The maximum atomic E-state index is 6.03. The average molecular weight is 346 g/mol. The second-order valence-electron chi connectivity index (χ2n) is 4.79. The van der Waals surface area contributed by atoms with E-state index in [1.54, 1.807) is 18.2 Å². The van der Waals surface area contributed by atoms with Crippen molar-refractivity contribution in [2.24, 2.45) is 0 Å². The third kappa shape index (κ3) is 4.38. The minimum absolute atomic E-state index is 0.314. The first kappa shape index (κ1) is 15.7. The van der Waals surface area contributed by atoms with Crippen LogP contribution in [0.15, 0.2) is 66.9 Å². The Balaban J connectivity index is 1.63. The van der Waals surface area contributed by atoms with Gasteiger partial charge in [-0.3, -0.25) is 0 Å². The smallest absolute Gasteiger partial charge is 0.238 e. The first-order valence-corrected chi connectivity index (χ1v) is 7.72. The Bertz CT molecular complexity index is 777. The van der Waals surface area contributed by atoms with Gasteiger partial charge in [-0.25, -0.2) is 4.98 Å². The third-order valence-corrected chi connectivity index (χ3v) is 3.54. The van der Waals surface area contributed by atoms with Crippen LogP contribution in [-0.4, -0.2) is 4.98 Å². The lowest BCUT2D eigenvalue weighted by Crippen LogP contribution is -1.95. The molecule has 3 aromatic rings. The maximum absolute atomic E-state index is 6.03. The van der Waals surface area contributed by atoms with Crippen LogP contribution in [0.5, 0.6) is 17.4 Å². The summed E-state index contributed by atoms with van der Waals surface area (Å²) in [7, 11) is 0. The van der Waals surface area contributed by atoms with Crippen LogP contribution < -0.4 is 9.47 Å². The molecule has 0 spiro atoms. The van der Waals surface area contributed by atoms with Crippen molar-refractivity contribution in [3.05, 3.63) is 82.5 Å². The van der Waals surface area contributed by atoms with E-state index in [9.17, 15) is 0 Å². The molecule has 1 aromatic heterocycles. The molecule has 0 radical (unpaired) electrons. The number of hydrogen-bond donors (Lipinski definition) is 0. The minimum atomic E-state index is 0.314. The highest BCUT2D eigenvalue weighted by Gasteiger charge is 2.06. The van der Waals surface area contributed by atoms with Crippen molar-refractivity contribution in [1.82, 2.24) is 4.98 Å². The Morgan fingerprint density at radius 2 is 1.57 bits per heavy atom. The first-order valence-electron chi connectivity index (χ1n) is 6.96. The minimum Gasteiger partial charge on any atom is -0.489 e. The van der Waals surface area contributed by atoms with Gasteiger partial charge >= 0.3 is 0 Å². The summed E-state index contributed by atoms with van der Waals surface area (Å²) >= 11 is 11.8. The zero-order chi connectivity index (χ0) is 16.1. The van der Waals surface area contributed by atoms with Crippen LogP contribution in [0, 0.1) is 0 Å². The summed E-state index contributed by atoms with van der Waals surface area (Å²) < 4.78 is 11.3. The molecule has 3 nitrogen and oxygen atoms in total. The molecule has 23 heavy (non-hydrogen) atoms. The van der Waals surface area contributed by atoms with E-state index in [1.165, 1.54) is 6.20 Å². The summed E-state index contributed by atoms with van der Waals surface area (Å²) in [5.74, 6) is 1.69. The van der Waals surface area contributed by atoms with E-state index in [1.807, 2.05) is 42.5 Å². The van der Waals surface area contributed by atoms with Crippen LogP contribution in [-0.2, 0) is 6.61 Å². The zero-order valence-electron chi connectivity index (χ0n) is 12.1. The second kappa shape index (κ2) is 7.36. The molecule has 0 unspecified atom stereocenters. The number of rotatable bonds is 5. The van der Waals surface area contributed by atoms with E-state index in [0.29, 0.717) is 28.3 Å². The fraction of sp³-hybridized carbons (Fsp3) is 0.0556. The molecular formula is C18H13Cl2NO2. The predicted molar refractivity (Wildman–Crippen MR) is 91.5 cm³/mol. The van der Waals surface area contributed by atoms with E-state index in [-0.39, 0.29) is 0 Å². The SMILES string of the molecule is Clc1cnc(Oc2ccc(OCc3ccccc3)cc2)c(Cl)c1. The molecule has 0 amide bonds. The molecule has 2 aromatic carbocycles. The summed E-state index contributed by atoms with van der Waals surface area (Å²) in [6.07, 6.45) is 1.49. The molecular weight excluding hydrogens is 333 g/mol. The fourth-order valence-corrected chi connectivity index (χ4v) is 2.35. The highest BCUT2D eigenvalue weighted by Crippen LogP contribution is 2.29. The van der Waals surface area contributed by atoms with E-state index in [4.69, 9.17) is 32.7 Å². The molecule has 0 bridgehead atoms. The molecule has 5 heteroatoms.